The molecule has 0 saturated carbocycles. The Morgan fingerprint density at radius 2 is 1.50 bits per heavy atom. The van der Waals surface area contributed by atoms with Gasteiger partial charge in [-0.15, -0.1) is 0 Å². The van der Waals surface area contributed by atoms with Crippen molar-refractivity contribution in [3.8, 4) is 5.75 Å². The number of hydrogen-bond acceptors (Lipinski definition) is 4. The molecule has 124 valence electrons. The number of benzene rings is 2. The highest BCUT2D eigenvalue weighted by molar-refractivity contribution is 6.06. The lowest BCUT2D eigenvalue weighted by atomic mass is 10.1. The molecule has 0 aliphatic carbocycles. The molecule has 0 fully saturated rings. The molecule has 0 saturated heterocycles. The molecule has 0 heterocycles. The molecule has 0 unspecified atom stereocenters. The van der Waals surface area contributed by atoms with Gasteiger partial charge >= 0.3 is 0 Å². The summed E-state index contributed by atoms with van der Waals surface area (Å²) in [6, 6.07) is 11.4. The van der Waals surface area contributed by atoms with Crippen LogP contribution in [0.5, 0.6) is 5.75 Å². The summed E-state index contributed by atoms with van der Waals surface area (Å²) in [5.74, 6) is -0.166. The highest BCUT2D eigenvalue weighted by Crippen LogP contribution is 2.26. The van der Waals surface area contributed by atoms with Crippen molar-refractivity contribution in [1.82, 2.24) is 0 Å². The van der Waals surface area contributed by atoms with Crippen molar-refractivity contribution in [2.45, 2.75) is 13.8 Å². The molecule has 2 aromatic carbocycles. The number of amides is 2. The Bertz CT molecular complexity index is 782. The van der Waals surface area contributed by atoms with Crippen LogP contribution in [-0.4, -0.2) is 24.7 Å². The zero-order valence-electron chi connectivity index (χ0n) is 13.7. The van der Waals surface area contributed by atoms with E-state index in [4.69, 9.17) is 4.74 Å². The van der Waals surface area contributed by atoms with Crippen LogP contribution in [0.3, 0.4) is 0 Å². The lowest BCUT2D eigenvalue weighted by molar-refractivity contribution is -0.114. The maximum absolute atomic E-state index is 12.3. The van der Waals surface area contributed by atoms with Gasteiger partial charge in [-0.3, -0.25) is 14.4 Å². The van der Waals surface area contributed by atoms with Gasteiger partial charge < -0.3 is 15.4 Å². The van der Waals surface area contributed by atoms with Crippen LogP contribution in [0.2, 0.25) is 0 Å². The molecule has 6 nitrogen and oxygen atoms in total. The smallest absolute Gasteiger partial charge is 0.255 e. The Labute approximate surface area is 139 Å². The van der Waals surface area contributed by atoms with Gasteiger partial charge in [0.05, 0.1) is 12.8 Å². The Hall–Kier alpha value is -3.15. The number of carbonyl (C=O) groups excluding carboxylic acids is 3. The minimum Gasteiger partial charge on any atom is -0.495 e. The molecular formula is C18H18N2O4. The van der Waals surface area contributed by atoms with Crippen molar-refractivity contribution in [2.24, 2.45) is 0 Å². The summed E-state index contributed by atoms with van der Waals surface area (Å²) in [6.07, 6.45) is 0. The molecule has 2 amide bonds. The normalized spacial score (nSPS) is 9.96. The quantitative estimate of drug-likeness (QED) is 0.827. The third kappa shape index (κ3) is 4.19. The summed E-state index contributed by atoms with van der Waals surface area (Å²) in [5.41, 5.74) is 1.94. The van der Waals surface area contributed by atoms with Gasteiger partial charge in [-0.2, -0.15) is 0 Å². The van der Waals surface area contributed by atoms with Crippen molar-refractivity contribution in [2.75, 3.05) is 17.7 Å². The molecule has 0 radical (unpaired) electrons. The van der Waals surface area contributed by atoms with Gasteiger partial charge in [0, 0.05) is 23.7 Å². The van der Waals surface area contributed by atoms with Gasteiger partial charge in [0.15, 0.2) is 5.78 Å². The van der Waals surface area contributed by atoms with Gasteiger partial charge in [-0.1, -0.05) is 0 Å². The van der Waals surface area contributed by atoms with E-state index in [0.717, 1.165) is 0 Å². The number of ketones is 1. The first-order chi connectivity index (χ1) is 11.4. The maximum atomic E-state index is 12.3. The van der Waals surface area contributed by atoms with Crippen molar-refractivity contribution in [3.05, 3.63) is 53.6 Å². The Morgan fingerprint density at radius 3 is 2.04 bits per heavy atom. The number of nitrogens with one attached hydrogen (secondary N) is 2. The highest BCUT2D eigenvalue weighted by atomic mass is 16.5. The number of rotatable bonds is 5. The third-order valence-electron chi connectivity index (χ3n) is 3.32. The van der Waals surface area contributed by atoms with Gasteiger partial charge in [-0.25, -0.2) is 0 Å². The van der Waals surface area contributed by atoms with Gasteiger partial charge in [0.25, 0.3) is 5.91 Å². The van der Waals surface area contributed by atoms with E-state index in [9.17, 15) is 14.4 Å². The summed E-state index contributed by atoms with van der Waals surface area (Å²) in [4.78, 5) is 34.8. The van der Waals surface area contributed by atoms with Gasteiger partial charge in [-0.05, 0) is 49.4 Å². The standard InChI is InChI=1S/C18H18N2O4/c1-11(21)13-4-7-15(8-5-13)20-18(23)14-6-9-17(24-3)16(10-14)19-12(2)22/h4-10H,1-3H3,(H,19,22)(H,20,23). The van der Waals surface area contributed by atoms with Crippen LogP contribution < -0.4 is 15.4 Å². The molecule has 24 heavy (non-hydrogen) atoms. The second-order valence-electron chi connectivity index (χ2n) is 5.18. The monoisotopic (exact) mass is 326 g/mol. The van der Waals surface area contributed by atoms with Crippen LogP contribution in [0.25, 0.3) is 0 Å². The Kier molecular flexibility index (Phi) is 5.31. The zero-order valence-corrected chi connectivity index (χ0v) is 13.7. The number of methoxy groups -OCH3 is 1. The van der Waals surface area contributed by atoms with E-state index in [2.05, 4.69) is 10.6 Å². The first-order valence-electron chi connectivity index (χ1n) is 7.28. The van der Waals surface area contributed by atoms with Crippen molar-refractivity contribution < 1.29 is 19.1 Å². The van der Waals surface area contributed by atoms with E-state index in [1.807, 2.05) is 0 Å². The van der Waals surface area contributed by atoms with E-state index < -0.39 is 0 Å². The number of hydrogen-bond donors (Lipinski definition) is 2. The van der Waals surface area contributed by atoms with Crippen LogP contribution >= 0.6 is 0 Å². The fraction of sp³-hybridized carbons (Fsp3) is 0.167. The van der Waals surface area contributed by atoms with Crippen LogP contribution in [0.1, 0.15) is 34.6 Å². The van der Waals surface area contributed by atoms with Gasteiger partial charge in [0.1, 0.15) is 5.75 Å². The summed E-state index contributed by atoms with van der Waals surface area (Å²) >= 11 is 0. The fourth-order valence-corrected chi connectivity index (χ4v) is 2.13. The van der Waals surface area contributed by atoms with Crippen molar-refractivity contribution >= 4 is 29.0 Å². The highest BCUT2D eigenvalue weighted by Gasteiger charge is 2.12. The topological polar surface area (TPSA) is 84.5 Å². The molecular weight excluding hydrogens is 308 g/mol. The van der Waals surface area contributed by atoms with Crippen LogP contribution in [0.15, 0.2) is 42.5 Å². The summed E-state index contributed by atoms with van der Waals surface area (Å²) in [6.45, 7) is 2.86. The molecule has 2 N–H and O–H groups in total. The largest absolute Gasteiger partial charge is 0.495 e. The predicted octanol–water partition coefficient (Wildman–Crippen LogP) is 3.11. The number of ether oxygens (including phenoxy) is 1. The molecule has 2 aromatic rings. The van der Waals surface area contributed by atoms with Crippen molar-refractivity contribution in [1.29, 1.82) is 0 Å². The van der Waals surface area contributed by atoms with Crippen LogP contribution in [-0.2, 0) is 4.79 Å². The molecule has 0 atom stereocenters. The minimum absolute atomic E-state index is 0.0389. The number of anilines is 2. The number of carbonyl (C=O) groups is 3. The molecule has 0 aromatic heterocycles. The summed E-state index contributed by atoms with van der Waals surface area (Å²) in [5, 5.41) is 5.36. The van der Waals surface area contributed by atoms with E-state index in [-0.39, 0.29) is 17.6 Å². The predicted molar refractivity (Wildman–Crippen MR) is 91.7 cm³/mol. The van der Waals surface area contributed by atoms with E-state index in [1.165, 1.54) is 21.0 Å². The average molecular weight is 326 g/mol. The second-order valence-corrected chi connectivity index (χ2v) is 5.18. The fourth-order valence-electron chi connectivity index (χ4n) is 2.13. The summed E-state index contributed by atoms with van der Waals surface area (Å²) in [7, 11) is 1.48. The van der Waals surface area contributed by atoms with Crippen molar-refractivity contribution in [3.63, 3.8) is 0 Å². The minimum atomic E-state index is -0.333. The maximum Gasteiger partial charge on any atom is 0.255 e. The molecule has 0 bridgehead atoms. The first-order valence-corrected chi connectivity index (χ1v) is 7.28. The third-order valence-corrected chi connectivity index (χ3v) is 3.32. The lowest BCUT2D eigenvalue weighted by Gasteiger charge is -2.11. The van der Waals surface area contributed by atoms with Gasteiger partial charge in [0.2, 0.25) is 5.91 Å². The molecule has 0 spiro atoms. The molecule has 2 rings (SSSR count). The van der Waals surface area contributed by atoms with Crippen LogP contribution in [0.4, 0.5) is 11.4 Å². The zero-order chi connectivity index (χ0) is 17.7. The number of Topliss-reactive ketones (excluding diaryl/α,β-unsaturated/α-hetero) is 1. The molecule has 6 heteroatoms. The lowest BCUT2D eigenvalue weighted by Crippen LogP contribution is -2.13. The first kappa shape index (κ1) is 17.2. The molecule has 0 aliphatic rings. The summed E-state index contributed by atoms with van der Waals surface area (Å²) < 4.78 is 5.16. The van der Waals surface area contributed by atoms with Crippen LogP contribution in [0, 0.1) is 0 Å². The SMILES string of the molecule is COc1ccc(C(=O)Nc2ccc(C(C)=O)cc2)cc1NC(C)=O. The van der Waals surface area contributed by atoms with E-state index in [0.29, 0.717) is 28.3 Å². The Balaban J connectivity index is 2.19. The molecule has 0 aliphatic heterocycles. The average Bonchev–Trinajstić information content (AvgIpc) is 2.54. The second kappa shape index (κ2) is 7.41. The van der Waals surface area contributed by atoms with E-state index >= 15 is 0 Å². The van der Waals surface area contributed by atoms with E-state index in [1.54, 1.807) is 42.5 Å². The Morgan fingerprint density at radius 1 is 0.875 bits per heavy atom.